The number of para-hydroxylation sites is 1. The fourth-order valence-electron chi connectivity index (χ4n) is 6.51. The van der Waals surface area contributed by atoms with Crippen LogP contribution in [0.25, 0.3) is 60.9 Å². The van der Waals surface area contributed by atoms with Crippen molar-refractivity contribution in [2.45, 2.75) is 20.8 Å². The fourth-order valence-corrected chi connectivity index (χ4v) is 6.51. The van der Waals surface area contributed by atoms with Crippen molar-refractivity contribution in [3.8, 4) is 39.1 Å². The van der Waals surface area contributed by atoms with Gasteiger partial charge in [0.1, 0.15) is 0 Å². The maximum Gasteiger partial charge on any atom is 0.0547 e. The summed E-state index contributed by atoms with van der Waals surface area (Å²) < 4.78 is 2.41. The highest BCUT2D eigenvalue weighted by Crippen LogP contribution is 2.40. The molecule has 1 aromatic heterocycles. The Hall–Kier alpha value is -5.66. The van der Waals surface area contributed by atoms with E-state index in [2.05, 4.69) is 177 Å². The van der Waals surface area contributed by atoms with Crippen LogP contribution in [0.2, 0.25) is 0 Å². The van der Waals surface area contributed by atoms with Crippen LogP contribution >= 0.6 is 0 Å². The molecule has 0 bridgehead atoms. The summed E-state index contributed by atoms with van der Waals surface area (Å²) in [5.74, 6) is 0. The van der Waals surface area contributed by atoms with Crippen molar-refractivity contribution in [2.24, 2.45) is 0 Å². The Bertz CT molecular complexity index is 2260. The zero-order valence-corrected chi connectivity index (χ0v) is 26.6. The van der Waals surface area contributed by atoms with Gasteiger partial charge >= 0.3 is 0 Å². The van der Waals surface area contributed by atoms with Gasteiger partial charge in [0.05, 0.1) is 11.0 Å². The Labute approximate surface area is 272 Å². The topological polar surface area (TPSA) is 4.93 Å². The van der Waals surface area contributed by atoms with Gasteiger partial charge in [0.15, 0.2) is 0 Å². The molecular formula is C45H37N. The Kier molecular flexibility index (Phi) is 8.06. The number of hydrogen-bond donors (Lipinski definition) is 0. The van der Waals surface area contributed by atoms with Gasteiger partial charge in [-0.25, -0.2) is 0 Å². The lowest BCUT2D eigenvalue weighted by molar-refractivity contribution is 1.18. The molecule has 0 fully saturated rings. The lowest BCUT2D eigenvalue weighted by Gasteiger charge is -2.16. The normalized spacial score (nSPS) is 10.9. The van der Waals surface area contributed by atoms with E-state index >= 15 is 0 Å². The summed E-state index contributed by atoms with van der Waals surface area (Å²) in [5, 5.41) is 2.53. The Balaban J connectivity index is 0.000000430. The largest absolute Gasteiger partial charge is 0.309 e. The molecule has 0 aliphatic rings. The highest BCUT2D eigenvalue weighted by Gasteiger charge is 2.17. The third-order valence-electron chi connectivity index (χ3n) is 8.83. The molecular weight excluding hydrogens is 555 g/mol. The molecule has 0 amide bonds. The second-order valence-corrected chi connectivity index (χ2v) is 12.0. The van der Waals surface area contributed by atoms with Crippen LogP contribution in [0.3, 0.4) is 0 Å². The molecule has 8 aromatic rings. The third-order valence-corrected chi connectivity index (χ3v) is 8.83. The molecule has 0 N–H and O–H groups in total. The minimum Gasteiger partial charge on any atom is -0.309 e. The summed E-state index contributed by atoms with van der Waals surface area (Å²) in [6.07, 6.45) is 0. The molecule has 0 atom stereocenters. The van der Waals surface area contributed by atoms with Gasteiger partial charge in [-0.15, -0.1) is 0 Å². The number of hydrogen-bond acceptors (Lipinski definition) is 0. The molecule has 8 rings (SSSR count). The van der Waals surface area contributed by atoms with E-state index in [-0.39, 0.29) is 0 Å². The summed E-state index contributed by atoms with van der Waals surface area (Å²) in [6, 6.07) is 60.8. The monoisotopic (exact) mass is 591 g/mol. The van der Waals surface area contributed by atoms with Crippen molar-refractivity contribution in [1.82, 2.24) is 4.57 Å². The first-order chi connectivity index (χ1) is 22.6. The van der Waals surface area contributed by atoms with Crippen LogP contribution in [0.15, 0.2) is 170 Å². The van der Waals surface area contributed by atoms with E-state index in [1.807, 2.05) is 18.2 Å². The van der Waals surface area contributed by atoms with Gasteiger partial charge in [0, 0.05) is 16.5 Å². The van der Waals surface area contributed by atoms with Gasteiger partial charge in [-0.2, -0.15) is 0 Å². The minimum absolute atomic E-state index is 1.17. The molecule has 0 unspecified atom stereocenters. The number of fused-ring (bicyclic) bond motifs is 3. The molecule has 7 aromatic carbocycles. The maximum absolute atomic E-state index is 2.41. The zero-order chi connectivity index (χ0) is 31.5. The van der Waals surface area contributed by atoms with Crippen LogP contribution in [0.1, 0.15) is 16.7 Å². The summed E-state index contributed by atoms with van der Waals surface area (Å²) in [4.78, 5) is 0. The molecule has 0 aliphatic carbocycles. The predicted molar refractivity (Wildman–Crippen MR) is 198 cm³/mol. The Morgan fingerprint density at radius 1 is 0.370 bits per heavy atom. The molecule has 0 radical (unpaired) electrons. The first-order valence-corrected chi connectivity index (χ1v) is 16.0. The SMILES string of the molecule is Cc1ccccc1.Cc1ccccc1-c1c(C)cccc1-c1ccc2c3cc(-c4ccccc4)ccc3n(-c3ccccc3)c2c1. The van der Waals surface area contributed by atoms with Crippen molar-refractivity contribution in [2.75, 3.05) is 0 Å². The second-order valence-electron chi connectivity index (χ2n) is 12.0. The van der Waals surface area contributed by atoms with Gasteiger partial charge in [-0.1, -0.05) is 145 Å². The summed E-state index contributed by atoms with van der Waals surface area (Å²) in [5.41, 5.74) is 15.1. The van der Waals surface area contributed by atoms with Crippen molar-refractivity contribution in [3.05, 3.63) is 187 Å². The van der Waals surface area contributed by atoms with E-state index in [0.29, 0.717) is 0 Å². The molecule has 0 saturated carbocycles. The average molecular weight is 592 g/mol. The molecule has 222 valence electrons. The molecule has 1 heteroatoms. The number of benzene rings is 7. The number of rotatable bonds is 4. The van der Waals surface area contributed by atoms with Gasteiger partial charge in [0.2, 0.25) is 0 Å². The van der Waals surface area contributed by atoms with Gasteiger partial charge in [-0.05, 0) is 95.6 Å². The summed E-state index contributed by atoms with van der Waals surface area (Å²) >= 11 is 0. The number of aryl methyl sites for hydroxylation is 3. The van der Waals surface area contributed by atoms with E-state index in [1.54, 1.807) is 0 Å². The lowest BCUT2D eigenvalue weighted by atomic mass is 9.89. The van der Waals surface area contributed by atoms with Crippen molar-refractivity contribution < 1.29 is 0 Å². The number of aromatic nitrogens is 1. The standard InChI is InChI=1S/C38H29N.C7H8/c1-26-12-9-10-18-32(26)38-27(2)13-11-19-33(38)30-20-22-34-35-24-29(28-14-5-3-6-15-28)21-23-36(35)39(37(34)25-30)31-16-7-4-8-17-31;1-7-5-3-2-4-6-7/h3-25H,1-2H3;2-6H,1H3. The minimum atomic E-state index is 1.17. The molecule has 0 aliphatic heterocycles. The van der Waals surface area contributed by atoms with E-state index < -0.39 is 0 Å². The molecule has 0 saturated heterocycles. The number of nitrogens with zero attached hydrogens (tertiary/aromatic N) is 1. The van der Waals surface area contributed by atoms with Gasteiger partial charge in [0.25, 0.3) is 0 Å². The smallest absolute Gasteiger partial charge is 0.0547 e. The van der Waals surface area contributed by atoms with E-state index in [9.17, 15) is 0 Å². The van der Waals surface area contributed by atoms with Crippen LogP contribution < -0.4 is 0 Å². The van der Waals surface area contributed by atoms with Gasteiger partial charge < -0.3 is 4.57 Å². The van der Waals surface area contributed by atoms with Crippen LogP contribution in [-0.4, -0.2) is 4.57 Å². The Morgan fingerprint density at radius 2 is 0.978 bits per heavy atom. The van der Waals surface area contributed by atoms with Gasteiger partial charge in [-0.3, -0.25) is 0 Å². The van der Waals surface area contributed by atoms with E-state index in [4.69, 9.17) is 0 Å². The lowest BCUT2D eigenvalue weighted by Crippen LogP contribution is -1.94. The summed E-state index contributed by atoms with van der Waals surface area (Å²) in [7, 11) is 0. The zero-order valence-electron chi connectivity index (χ0n) is 26.6. The predicted octanol–water partition coefficient (Wildman–Crippen LogP) is 12.4. The molecule has 46 heavy (non-hydrogen) atoms. The molecule has 1 nitrogen and oxygen atoms in total. The highest BCUT2D eigenvalue weighted by atomic mass is 15.0. The van der Waals surface area contributed by atoms with Crippen molar-refractivity contribution >= 4 is 21.8 Å². The summed E-state index contributed by atoms with van der Waals surface area (Å²) in [6.45, 7) is 6.50. The van der Waals surface area contributed by atoms with Crippen molar-refractivity contribution in [1.29, 1.82) is 0 Å². The first-order valence-electron chi connectivity index (χ1n) is 16.0. The molecule has 1 heterocycles. The highest BCUT2D eigenvalue weighted by molar-refractivity contribution is 6.11. The van der Waals surface area contributed by atoms with Crippen LogP contribution in [0, 0.1) is 20.8 Å². The van der Waals surface area contributed by atoms with E-state index in [0.717, 1.165) is 0 Å². The van der Waals surface area contributed by atoms with Crippen LogP contribution in [0.4, 0.5) is 0 Å². The fraction of sp³-hybridized carbons (Fsp3) is 0.0667. The van der Waals surface area contributed by atoms with E-state index in [1.165, 1.54) is 77.6 Å². The molecule has 0 spiro atoms. The van der Waals surface area contributed by atoms with Crippen molar-refractivity contribution in [3.63, 3.8) is 0 Å². The second kappa shape index (κ2) is 12.8. The first kappa shape index (κ1) is 29.1. The maximum atomic E-state index is 2.41. The quantitative estimate of drug-likeness (QED) is 0.192. The average Bonchev–Trinajstić information content (AvgIpc) is 3.43. The van der Waals surface area contributed by atoms with Crippen LogP contribution in [0.5, 0.6) is 0 Å². The Morgan fingerprint density at radius 3 is 1.67 bits per heavy atom. The third kappa shape index (κ3) is 5.64. The van der Waals surface area contributed by atoms with Crippen LogP contribution in [-0.2, 0) is 0 Å².